The second-order valence-corrected chi connectivity index (χ2v) is 9.91. The van der Waals surface area contributed by atoms with Crippen LogP contribution in [-0.2, 0) is 9.59 Å². The number of aliphatic hydroxyl groups is 1. The molecule has 1 aliphatic heterocycles. The number of amides is 1. The average Bonchev–Trinajstić information content (AvgIpc) is 3.44. The number of benzene rings is 3. The van der Waals surface area contributed by atoms with Gasteiger partial charge < -0.3 is 19.3 Å². The molecular weight excluding hydrogens is 504 g/mol. The van der Waals surface area contributed by atoms with E-state index < -0.39 is 17.7 Å². The maximum atomic E-state index is 13.6. The largest absolute Gasteiger partial charge is 0.507 e. The fourth-order valence-electron chi connectivity index (χ4n) is 4.76. The summed E-state index contributed by atoms with van der Waals surface area (Å²) in [6.07, 6.45) is 0. The molecule has 1 N–H and O–H groups in total. The topological polar surface area (TPSA) is 98.2 Å². The third-order valence-corrected chi connectivity index (χ3v) is 7.60. The van der Waals surface area contributed by atoms with Gasteiger partial charge >= 0.3 is 5.91 Å². The van der Waals surface area contributed by atoms with Crippen molar-refractivity contribution in [2.24, 2.45) is 0 Å². The first-order valence-electron chi connectivity index (χ1n) is 11.8. The number of ketones is 1. The van der Waals surface area contributed by atoms with Crippen LogP contribution in [0.15, 0.2) is 60.2 Å². The third kappa shape index (κ3) is 4.05. The first-order chi connectivity index (χ1) is 18.3. The minimum absolute atomic E-state index is 0.0680. The quantitative estimate of drug-likeness (QED) is 0.198. The Bertz CT molecular complexity index is 1620. The summed E-state index contributed by atoms with van der Waals surface area (Å²) in [4.78, 5) is 33.2. The van der Waals surface area contributed by atoms with Crippen LogP contribution in [0, 0.1) is 13.8 Å². The van der Waals surface area contributed by atoms with Crippen molar-refractivity contribution in [1.82, 2.24) is 4.98 Å². The van der Waals surface area contributed by atoms with Gasteiger partial charge in [0.2, 0.25) is 0 Å². The van der Waals surface area contributed by atoms with Crippen LogP contribution in [-0.4, -0.2) is 43.1 Å². The van der Waals surface area contributed by atoms with Crippen LogP contribution < -0.4 is 19.1 Å². The molecule has 1 saturated heterocycles. The summed E-state index contributed by atoms with van der Waals surface area (Å²) in [5.74, 6) is -0.499. The van der Waals surface area contributed by atoms with Crippen molar-refractivity contribution in [3.05, 3.63) is 82.4 Å². The van der Waals surface area contributed by atoms with E-state index in [9.17, 15) is 14.7 Å². The number of Topliss-reactive ketones (excluding diaryl/α,β-unsaturated/α-hetero) is 1. The van der Waals surface area contributed by atoms with E-state index in [-0.39, 0.29) is 11.3 Å². The Labute approximate surface area is 223 Å². The third-order valence-electron chi connectivity index (χ3n) is 6.58. The maximum Gasteiger partial charge on any atom is 0.301 e. The molecule has 4 aromatic rings. The smallest absolute Gasteiger partial charge is 0.301 e. The molecule has 1 atom stereocenters. The summed E-state index contributed by atoms with van der Waals surface area (Å²) >= 11 is 1.30. The molecular formula is C29H26N2O6S. The zero-order valence-electron chi connectivity index (χ0n) is 21.6. The summed E-state index contributed by atoms with van der Waals surface area (Å²) in [6.45, 7) is 3.81. The number of methoxy groups -OCH3 is 3. The van der Waals surface area contributed by atoms with Gasteiger partial charge in [0.05, 0.1) is 37.1 Å². The Kier molecular flexibility index (Phi) is 6.54. The van der Waals surface area contributed by atoms with Crippen LogP contribution in [0.2, 0.25) is 0 Å². The van der Waals surface area contributed by atoms with Gasteiger partial charge in [-0.25, -0.2) is 4.98 Å². The Balaban J connectivity index is 1.78. The van der Waals surface area contributed by atoms with Gasteiger partial charge in [-0.05, 0) is 61.4 Å². The molecule has 1 aliphatic rings. The molecule has 194 valence electrons. The monoisotopic (exact) mass is 530 g/mol. The van der Waals surface area contributed by atoms with E-state index in [1.165, 1.54) is 30.5 Å². The van der Waals surface area contributed by atoms with Gasteiger partial charge in [-0.3, -0.25) is 14.5 Å². The highest BCUT2D eigenvalue weighted by Crippen LogP contribution is 2.48. The van der Waals surface area contributed by atoms with Crippen LogP contribution in [0.1, 0.15) is 28.3 Å². The number of ether oxygens (including phenoxy) is 3. The number of aryl methyl sites for hydroxylation is 2. The van der Waals surface area contributed by atoms with Gasteiger partial charge in [0, 0.05) is 11.1 Å². The number of aromatic nitrogens is 1. The molecule has 9 heteroatoms. The highest BCUT2D eigenvalue weighted by atomic mass is 32.1. The van der Waals surface area contributed by atoms with E-state index in [0.717, 1.165) is 15.8 Å². The number of thiazole rings is 1. The molecule has 0 radical (unpaired) electrons. The zero-order chi connectivity index (χ0) is 27.1. The lowest BCUT2D eigenvalue weighted by Gasteiger charge is -2.25. The number of anilines is 1. The number of carbonyl (C=O) groups excluding carboxylic acids is 2. The number of hydrogen-bond acceptors (Lipinski definition) is 8. The molecule has 0 saturated carbocycles. The number of rotatable bonds is 6. The van der Waals surface area contributed by atoms with Gasteiger partial charge in [-0.1, -0.05) is 29.5 Å². The Morgan fingerprint density at radius 2 is 1.71 bits per heavy atom. The minimum atomic E-state index is -1.01. The van der Waals surface area contributed by atoms with Crippen LogP contribution >= 0.6 is 11.3 Å². The van der Waals surface area contributed by atoms with E-state index in [1.54, 1.807) is 43.5 Å². The first-order valence-corrected chi connectivity index (χ1v) is 12.6. The van der Waals surface area contributed by atoms with Crippen molar-refractivity contribution in [1.29, 1.82) is 0 Å². The molecule has 38 heavy (non-hydrogen) atoms. The van der Waals surface area contributed by atoms with Crippen LogP contribution in [0.25, 0.3) is 16.0 Å². The fourth-order valence-corrected chi connectivity index (χ4v) is 5.85. The molecule has 1 amide bonds. The number of hydrogen-bond donors (Lipinski definition) is 1. The Morgan fingerprint density at radius 3 is 2.39 bits per heavy atom. The molecule has 0 aliphatic carbocycles. The summed E-state index contributed by atoms with van der Waals surface area (Å²) in [5, 5.41) is 11.8. The standard InChI is InChI=1S/C29H26N2O6S/c1-15-9-11-19-22(13-15)38-29(30-19)31-24(18-7-6-8-21(36-4)27(18)37-5)23(26(33)28(31)34)25(32)17-10-12-20(35-3)16(2)14-17/h6-14,24,32H,1-5H3/b25-23+/t24-/m1/s1. The lowest BCUT2D eigenvalue weighted by atomic mass is 9.94. The van der Waals surface area contributed by atoms with Gasteiger partial charge in [0.15, 0.2) is 16.6 Å². The molecule has 0 unspecified atom stereocenters. The van der Waals surface area contributed by atoms with E-state index >= 15 is 0 Å². The molecule has 3 aromatic carbocycles. The lowest BCUT2D eigenvalue weighted by molar-refractivity contribution is -0.132. The number of fused-ring (bicyclic) bond motifs is 1. The van der Waals surface area contributed by atoms with Gasteiger partial charge in [-0.15, -0.1) is 0 Å². The zero-order valence-corrected chi connectivity index (χ0v) is 22.4. The van der Waals surface area contributed by atoms with Crippen molar-refractivity contribution < 1.29 is 28.9 Å². The summed E-state index contributed by atoms with van der Waals surface area (Å²) in [5.41, 5.74) is 3.32. The first kappa shape index (κ1) is 25.3. The van der Waals surface area contributed by atoms with E-state index in [2.05, 4.69) is 4.98 Å². The van der Waals surface area contributed by atoms with Crippen LogP contribution in [0.4, 0.5) is 5.13 Å². The predicted molar refractivity (Wildman–Crippen MR) is 146 cm³/mol. The maximum absolute atomic E-state index is 13.6. The van der Waals surface area contributed by atoms with Crippen molar-refractivity contribution in [3.63, 3.8) is 0 Å². The van der Waals surface area contributed by atoms with E-state index in [0.29, 0.717) is 39.0 Å². The highest BCUT2D eigenvalue weighted by molar-refractivity contribution is 7.22. The number of nitrogens with zero attached hydrogens (tertiary/aromatic N) is 2. The van der Waals surface area contributed by atoms with E-state index in [4.69, 9.17) is 14.2 Å². The summed E-state index contributed by atoms with van der Waals surface area (Å²) < 4.78 is 17.4. The molecule has 0 bridgehead atoms. The van der Waals surface area contributed by atoms with Gasteiger partial charge in [0.1, 0.15) is 17.6 Å². The molecule has 1 fully saturated rings. The lowest BCUT2D eigenvalue weighted by Crippen LogP contribution is -2.29. The predicted octanol–water partition coefficient (Wildman–Crippen LogP) is 5.57. The minimum Gasteiger partial charge on any atom is -0.507 e. The second-order valence-electron chi connectivity index (χ2n) is 8.90. The van der Waals surface area contributed by atoms with E-state index in [1.807, 2.05) is 32.0 Å². The number of aliphatic hydroxyl groups excluding tert-OH is 1. The number of para-hydroxylation sites is 1. The molecule has 0 spiro atoms. The van der Waals surface area contributed by atoms with Crippen LogP contribution in [0.3, 0.4) is 0 Å². The van der Waals surface area contributed by atoms with Gasteiger partial charge in [-0.2, -0.15) is 0 Å². The normalized spacial score (nSPS) is 16.8. The fraction of sp³-hybridized carbons (Fsp3) is 0.207. The summed E-state index contributed by atoms with van der Waals surface area (Å²) in [6, 6.07) is 15.1. The Hall–Kier alpha value is -4.37. The van der Waals surface area contributed by atoms with Crippen molar-refractivity contribution in [2.75, 3.05) is 26.2 Å². The van der Waals surface area contributed by atoms with Crippen molar-refractivity contribution >= 4 is 44.1 Å². The van der Waals surface area contributed by atoms with Crippen molar-refractivity contribution in [3.8, 4) is 17.2 Å². The van der Waals surface area contributed by atoms with Crippen LogP contribution in [0.5, 0.6) is 17.2 Å². The average molecular weight is 531 g/mol. The second kappa shape index (κ2) is 9.83. The molecule has 8 nitrogen and oxygen atoms in total. The molecule has 5 rings (SSSR count). The van der Waals surface area contributed by atoms with Crippen molar-refractivity contribution in [2.45, 2.75) is 19.9 Å². The number of carbonyl (C=O) groups is 2. The Morgan fingerprint density at radius 1 is 0.947 bits per heavy atom. The molecule has 1 aromatic heterocycles. The summed E-state index contributed by atoms with van der Waals surface area (Å²) in [7, 11) is 4.55. The highest BCUT2D eigenvalue weighted by Gasteiger charge is 2.49. The molecule has 2 heterocycles. The van der Waals surface area contributed by atoms with Gasteiger partial charge in [0.25, 0.3) is 5.78 Å². The SMILES string of the molecule is COc1ccc(/C(O)=C2\C(=O)C(=O)N(c3nc4ccc(C)cc4s3)[C@@H]2c2cccc(OC)c2OC)cc1C.